The number of nitrogens with zero attached hydrogens (tertiary/aromatic N) is 3. The topological polar surface area (TPSA) is 73.3 Å². The van der Waals surface area contributed by atoms with Crippen LogP contribution in [0.4, 0.5) is 0 Å². The van der Waals surface area contributed by atoms with Gasteiger partial charge in [-0.2, -0.15) is 5.10 Å². The van der Waals surface area contributed by atoms with Crippen molar-refractivity contribution < 1.29 is 4.79 Å². The summed E-state index contributed by atoms with van der Waals surface area (Å²) < 4.78 is 1.54. The van der Waals surface area contributed by atoms with Crippen LogP contribution in [-0.4, -0.2) is 20.5 Å². The zero-order chi connectivity index (χ0) is 9.42. The lowest BCUT2D eigenvalue weighted by molar-refractivity contribution is 0.100. The summed E-state index contributed by atoms with van der Waals surface area (Å²) in [5, 5.41) is 3.95. The molecule has 2 rings (SSSR count). The van der Waals surface area contributed by atoms with Gasteiger partial charge in [-0.25, -0.2) is 9.50 Å². The number of rotatable bonds is 1. The third-order valence-electron chi connectivity index (χ3n) is 1.75. The molecule has 5 nitrogen and oxygen atoms in total. The van der Waals surface area contributed by atoms with E-state index in [9.17, 15) is 4.79 Å². The number of aromatic nitrogens is 3. The van der Waals surface area contributed by atoms with Crippen LogP contribution in [-0.2, 0) is 0 Å². The molecule has 0 aliphatic heterocycles. The van der Waals surface area contributed by atoms with Crippen LogP contribution in [0.1, 0.15) is 15.9 Å². The summed E-state index contributed by atoms with van der Waals surface area (Å²) in [6, 6.07) is 0. The Morgan fingerprint density at radius 3 is 3.00 bits per heavy atom. The normalized spacial score (nSPS) is 10.5. The van der Waals surface area contributed by atoms with Gasteiger partial charge in [-0.1, -0.05) is 0 Å². The summed E-state index contributed by atoms with van der Waals surface area (Å²) in [6.07, 6.45) is 4.88. The lowest BCUT2D eigenvalue weighted by Gasteiger charge is -1.94. The van der Waals surface area contributed by atoms with Gasteiger partial charge in [0.15, 0.2) is 5.65 Å². The number of aryl methyl sites for hydroxylation is 1. The Balaban J connectivity index is 2.76. The number of carbonyl (C=O) groups excluding carboxylic acids is 1. The van der Waals surface area contributed by atoms with Gasteiger partial charge in [0.2, 0.25) is 0 Å². The van der Waals surface area contributed by atoms with Crippen LogP contribution in [0.15, 0.2) is 18.6 Å². The van der Waals surface area contributed by atoms with Gasteiger partial charge in [0.1, 0.15) is 5.56 Å². The highest BCUT2D eigenvalue weighted by Crippen LogP contribution is 2.06. The molecule has 0 aliphatic carbocycles. The highest BCUT2D eigenvalue weighted by atomic mass is 16.1. The maximum atomic E-state index is 10.9. The zero-order valence-corrected chi connectivity index (χ0v) is 7.06. The van der Waals surface area contributed by atoms with E-state index >= 15 is 0 Å². The predicted octanol–water partition coefficient (Wildman–Crippen LogP) is 0.137. The first-order valence-electron chi connectivity index (χ1n) is 3.78. The van der Waals surface area contributed by atoms with Crippen LogP contribution in [0.25, 0.3) is 5.65 Å². The number of hydrogen-bond donors (Lipinski definition) is 1. The van der Waals surface area contributed by atoms with Crippen molar-refractivity contribution in [3.63, 3.8) is 0 Å². The predicted molar refractivity (Wildman–Crippen MR) is 46.2 cm³/mol. The lowest BCUT2D eigenvalue weighted by atomic mass is 10.3. The van der Waals surface area contributed by atoms with Crippen molar-refractivity contribution in [2.75, 3.05) is 0 Å². The van der Waals surface area contributed by atoms with Crippen molar-refractivity contribution in [3.05, 3.63) is 29.7 Å². The van der Waals surface area contributed by atoms with Gasteiger partial charge >= 0.3 is 0 Å². The zero-order valence-electron chi connectivity index (χ0n) is 7.06. The molecule has 0 atom stereocenters. The molecule has 2 N–H and O–H groups in total. The quantitative estimate of drug-likeness (QED) is 0.671. The molecule has 66 valence electrons. The van der Waals surface area contributed by atoms with Gasteiger partial charge in [0.25, 0.3) is 5.91 Å². The van der Waals surface area contributed by atoms with Crippen LogP contribution >= 0.6 is 0 Å². The van der Waals surface area contributed by atoms with E-state index in [0.717, 1.165) is 5.56 Å². The first kappa shape index (κ1) is 7.72. The van der Waals surface area contributed by atoms with E-state index in [4.69, 9.17) is 5.73 Å². The second kappa shape index (κ2) is 2.55. The third kappa shape index (κ3) is 1.14. The molecule has 0 unspecified atom stereocenters. The second-order valence-electron chi connectivity index (χ2n) is 2.82. The Morgan fingerprint density at radius 2 is 2.31 bits per heavy atom. The van der Waals surface area contributed by atoms with Crippen molar-refractivity contribution in [3.8, 4) is 0 Å². The monoisotopic (exact) mass is 176 g/mol. The van der Waals surface area contributed by atoms with Gasteiger partial charge in [-0.3, -0.25) is 4.79 Å². The fourth-order valence-corrected chi connectivity index (χ4v) is 1.14. The van der Waals surface area contributed by atoms with E-state index in [1.54, 1.807) is 12.4 Å². The molecule has 0 saturated carbocycles. The Kier molecular flexibility index (Phi) is 1.51. The summed E-state index contributed by atoms with van der Waals surface area (Å²) in [4.78, 5) is 15.0. The number of nitrogens with two attached hydrogens (primary N) is 1. The smallest absolute Gasteiger partial charge is 0.254 e. The summed E-state index contributed by atoms with van der Waals surface area (Å²) in [7, 11) is 0. The Labute approximate surface area is 74.2 Å². The fraction of sp³-hybridized carbons (Fsp3) is 0.125. The summed E-state index contributed by atoms with van der Waals surface area (Å²) in [5.74, 6) is -0.508. The fourth-order valence-electron chi connectivity index (χ4n) is 1.14. The van der Waals surface area contributed by atoms with E-state index in [1.807, 2.05) is 6.92 Å². The van der Waals surface area contributed by atoms with Crippen LogP contribution in [0.3, 0.4) is 0 Å². The van der Waals surface area contributed by atoms with E-state index in [0.29, 0.717) is 11.2 Å². The molecule has 2 heterocycles. The molecule has 1 amide bonds. The second-order valence-corrected chi connectivity index (χ2v) is 2.82. The molecule has 2 aromatic heterocycles. The average molecular weight is 176 g/mol. The number of hydrogen-bond acceptors (Lipinski definition) is 3. The maximum absolute atomic E-state index is 10.9. The SMILES string of the molecule is Cc1cnc2c(C(N)=O)cnn2c1. The summed E-state index contributed by atoms with van der Waals surface area (Å²) >= 11 is 0. The van der Waals surface area contributed by atoms with E-state index in [2.05, 4.69) is 10.1 Å². The molecule has 2 aromatic rings. The Bertz CT molecular complexity index is 474. The number of carbonyl (C=O) groups is 1. The van der Waals surface area contributed by atoms with Crippen LogP contribution < -0.4 is 5.73 Å². The maximum Gasteiger partial charge on any atom is 0.254 e. The minimum atomic E-state index is -0.508. The first-order chi connectivity index (χ1) is 6.18. The van der Waals surface area contributed by atoms with E-state index in [1.165, 1.54) is 10.7 Å². The molecule has 0 bridgehead atoms. The van der Waals surface area contributed by atoms with E-state index in [-0.39, 0.29) is 0 Å². The van der Waals surface area contributed by atoms with Gasteiger partial charge in [-0.05, 0) is 12.5 Å². The van der Waals surface area contributed by atoms with E-state index < -0.39 is 5.91 Å². The molecule has 0 radical (unpaired) electrons. The Hall–Kier alpha value is -1.91. The van der Waals surface area contributed by atoms with Crippen LogP contribution in [0, 0.1) is 6.92 Å². The van der Waals surface area contributed by atoms with Gasteiger partial charge in [-0.15, -0.1) is 0 Å². The molecule has 0 fully saturated rings. The largest absolute Gasteiger partial charge is 0.365 e. The molecule has 13 heavy (non-hydrogen) atoms. The minimum Gasteiger partial charge on any atom is -0.365 e. The van der Waals surface area contributed by atoms with Gasteiger partial charge in [0, 0.05) is 12.4 Å². The molecular weight excluding hydrogens is 168 g/mol. The van der Waals surface area contributed by atoms with Crippen molar-refractivity contribution in [1.29, 1.82) is 0 Å². The molecule has 0 saturated heterocycles. The van der Waals surface area contributed by atoms with Crippen LogP contribution in [0.2, 0.25) is 0 Å². The van der Waals surface area contributed by atoms with Crippen LogP contribution in [0.5, 0.6) is 0 Å². The van der Waals surface area contributed by atoms with Crippen molar-refractivity contribution >= 4 is 11.6 Å². The highest BCUT2D eigenvalue weighted by Gasteiger charge is 2.09. The standard InChI is InChI=1S/C8H8N4O/c1-5-2-10-8-6(7(9)13)3-11-12(8)4-5/h2-4H,1H3,(H2,9,13). The molecule has 0 spiro atoms. The van der Waals surface area contributed by atoms with Gasteiger partial charge in [0.05, 0.1) is 6.20 Å². The summed E-state index contributed by atoms with van der Waals surface area (Å²) in [6.45, 7) is 1.90. The first-order valence-corrected chi connectivity index (χ1v) is 3.78. The Morgan fingerprint density at radius 1 is 1.54 bits per heavy atom. The minimum absolute atomic E-state index is 0.347. The highest BCUT2D eigenvalue weighted by molar-refractivity contribution is 5.98. The number of amides is 1. The molecule has 5 heteroatoms. The van der Waals surface area contributed by atoms with Crippen molar-refractivity contribution in [2.24, 2.45) is 5.73 Å². The van der Waals surface area contributed by atoms with Crippen molar-refractivity contribution in [1.82, 2.24) is 14.6 Å². The lowest BCUT2D eigenvalue weighted by Crippen LogP contribution is -2.10. The summed E-state index contributed by atoms with van der Waals surface area (Å²) in [5.41, 5.74) is 6.95. The van der Waals surface area contributed by atoms with Crippen molar-refractivity contribution in [2.45, 2.75) is 6.92 Å². The molecule has 0 aliphatic rings. The molecule has 0 aromatic carbocycles. The third-order valence-corrected chi connectivity index (χ3v) is 1.75. The number of primary amides is 1. The number of fused-ring (bicyclic) bond motifs is 1. The average Bonchev–Trinajstić information content (AvgIpc) is 2.46. The molecular formula is C8H8N4O. The van der Waals surface area contributed by atoms with Gasteiger partial charge < -0.3 is 5.73 Å².